The Hall–Kier alpha value is -2.87. The molecule has 0 bridgehead atoms. The number of esters is 2. The number of anilines is 1. The van der Waals surface area contributed by atoms with Gasteiger partial charge < -0.3 is 24.0 Å². The van der Waals surface area contributed by atoms with Crippen molar-refractivity contribution >= 4 is 23.5 Å². The molecule has 1 aromatic carbocycles. The maximum absolute atomic E-state index is 13.5. The molecule has 30 heavy (non-hydrogen) atoms. The molecule has 0 aliphatic carbocycles. The van der Waals surface area contributed by atoms with Crippen LogP contribution in [0.1, 0.15) is 43.5 Å². The number of likely N-dealkylation sites (tertiary alicyclic amines) is 1. The second kappa shape index (κ2) is 9.30. The highest BCUT2D eigenvalue weighted by atomic mass is 16.5. The van der Waals surface area contributed by atoms with E-state index in [1.165, 1.54) is 19.1 Å². The van der Waals surface area contributed by atoms with Gasteiger partial charge in [-0.1, -0.05) is 12.1 Å². The van der Waals surface area contributed by atoms with Crippen molar-refractivity contribution < 1.29 is 28.6 Å². The van der Waals surface area contributed by atoms with Crippen molar-refractivity contribution in [1.29, 1.82) is 0 Å². The lowest BCUT2D eigenvalue weighted by molar-refractivity contribution is -0.140. The molecule has 0 N–H and O–H groups in total. The number of carbonyl (C=O) groups is 3. The van der Waals surface area contributed by atoms with Crippen LogP contribution < -0.4 is 4.90 Å². The molecular weight excluding hydrogens is 388 g/mol. The molecule has 8 nitrogen and oxygen atoms in total. The number of carbonyl (C=O) groups excluding carboxylic acids is 3. The fraction of sp³-hybridized carbons (Fsp3) is 0.500. The molecule has 0 aromatic heterocycles. The van der Waals surface area contributed by atoms with Crippen molar-refractivity contribution in [3.05, 3.63) is 41.1 Å². The van der Waals surface area contributed by atoms with E-state index >= 15 is 0 Å². The van der Waals surface area contributed by atoms with Gasteiger partial charge in [-0.25, -0.2) is 9.59 Å². The average molecular weight is 416 g/mol. The van der Waals surface area contributed by atoms with Crippen LogP contribution in [0, 0.1) is 0 Å². The van der Waals surface area contributed by atoms with Crippen LogP contribution in [0.25, 0.3) is 0 Å². The quantitative estimate of drug-likeness (QED) is 0.697. The molecule has 162 valence electrons. The topological polar surface area (TPSA) is 85.4 Å². The largest absolute Gasteiger partial charge is 0.466 e. The molecule has 3 rings (SSSR count). The van der Waals surface area contributed by atoms with Gasteiger partial charge in [0, 0.05) is 12.1 Å². The van der Waals surface area contributed by atoms with Gasteiger partial charge in [0.2, 0.25) is 0 Å². The van der Waals surface area contributed by atoms with Crippen LogP contribution in [0.5, 0.6) is 0 Å². The number of rotatable bonds is 4. The molecule has 2 unspecified atom stereocenters. The van der Waals surface area contributed by atoms with Crippen molar-refractivity contribution in [2.45, 2.75) is 45.2 Å². The Balaban J connectivity index is 2.08. The molecule has 1 amide bonds. The number of para-hydroxylation sites is 1. The zero-order chi connectivity index (χ0) is 21.8. The first-order chi connectivity index (χ1) is 14.4. The first kappa shape index (κ1) is 21.8. The summed E-state index contributed by atoms with van der Waals surface area (Å²) in [6, 6.07) is 7.26. The van der Waals surface area contributed by atoms with Gasteiger partial charge in [-0.15, -0.1) is 0 Å². The van der Waals surface area contributed by atoms with Crippen molar-refractivity contribution in [2.24, 2.45) is 0 Å². The van der Waals surface area contributed by atoms with E-state index in [1.54, 1.807) is 24.3 Å². The SMILES string of the molecule is COC(=O)C1=C(C(=O)OC)N(c2ccccc2C(=O)N2C(C)CCCC2C)COC1. The molecule has 2 aliphatic heterocycles. The third-order valence-corrected chi connectivity index (χ3v) is 5.69. The normalized spacial score (nSPS) is 22.0. The van der Waals surface area contributed by atoms with Gasteiger partial charge in [0.25, 0.3) is 5.91 Å². The predicted octanol–water partition coefficient (Wildman–Crippen LogP) is 2.48. The molecule has 0 saturated carbocycles. The van der Waals surface area contributed by atoms with Gasteiger partial charge in [0.1, 0.15) is 12.4 Å². The molecule has 1 aromatic rings. The fourth-order valence-corrected chi connectivity index (χ4v) is 4.18. The van der Waals surface area contributed by atoms with Crippen LogP contribution >= 0.6 is 0 Å². The maximum Gasteiger partial charge on any atom is 0.355 e. The first-order valence-corrected chi connectivity index (χ1v) is 10.1. The fourth-order valence-electron chi connectivity index (χ4n) is 4.18. The van der Waals surface area contributed by atoms with Crippen LogP contribution in [-0.4, -0.2) is 62.4 Å². The Morgan fingerprint density at radius 1 is 1.00 bits per heavy atom. The Morgan fingerprint density at radius 3 is 2.27 bits per heavy atom. The molecule has 1 fully saturated rings. The van der Waals surface area contributed by atoms with E-state index in [0.29, 0.717) is 11.3 Å². The number of ether oxygens (including phenoxy) is 3. The Bertz CT molecular complexity index is 855. The maximum atomic E-state index is 13.5. The van der Waals surface area contributed by atoms with Gasteiger partial charge >= 0.3 is 11.9 Å². The standard InChI is InChI=1S/C22H28N2O6/c1-14-8-7-9-15(2)24(14)20(25)16-10-5-6-11-18(16)23-13-30-12-17(21(26)28-3)19(23)22(27)29-4/h5-6,10-11,14-15H,7-9,12-13H2,1-4H3. The summed E-state index contributed by atoms with van der Waals surface area (Å²) in [7, 11) is 2.48. The summed E-state index contributed by atoms with van der Waals surface area (Å²) in [5.74, 6) is -1.48. The third-order valence-electron chi connectivity index (χ3n) is 5.69. The number of nitrogens with zero attached hydrogens (tertiary/aromatic N) is 2. The average Bonchev–Trinajstić information content (AvgIpc) is 2.77. The van der Waals surface area contributed by atoms with E-state index in [0.717, 1.165) is 19.3 Å². The Labute approximate surface area is 176 Å². The third kappa shape index (κ3) is 4.05. The summed E-state index contributed by atoms with van der Waals surface area (Å²) in [5.41, 5.74) is 0.997. The molecule has 1 saturated heterocycles. The molecule has 0 radical (unpaired) electrons. The lowest BCUT2D eigenvalue weighted by Crippen LogP contribution is -2.48. The lowest BCUT2D eigenvalue weighted by Gasteiger charge is -2.40. The number of amides is 1. The lowest BCUT2D eigenvalue weighted by atomic mass is 9.96. The smallest absolute Gasteiger partial charge is 0.355 e. The number of methoxy groups -OCH3 is 2. The first-order valence-electron chi connectivity index (χ1n) is 10.1. The van der Waals surface area contributed by atoms with Crippen LogP contribution in [0.3, 0.4) is 0 Å². The second-order valence-electron chi connectivity index (χ2n) is 7.57. The minimum absolute atomic E-state index is 0.000325. The number of piperidine rings is 1. The molecule has 0 spiro atoms. The highest BCUT2D eigenvalue weighted by molar-refractivity contribution is 6.06. The van der Waals surface area contributed by atoms with E-state index in [2.05, 4.69) is 13.8 Å². The minimum atomic E-state index is -0.694. The van der Waals surface area contributed by atoms with Crippen LogP contribution in [0.15, 0.2) is 35.5 Å². The zero-order valence-corrected chi connectivity index (χ0v) is 17.8. The number of hydrogen-bond donors (Lipinski definition) is 0. The van der Waals surface area contributed by atoms with Crippen molar-refractivity contribution in [3.63, 3.8) is 0 Å². The minimum Gasteiger partial charge on any atom is -0.466 e. The monoisotopic (exact) mass is 416 g/mol. The van der Waals surface area contributed by atoms with Crippen molar-refractivity contribution in [2.75, 3.05) is 32.5 Å². The highest BCUT2D eigenvalue weighted by Crippen LogP contribution is 2.32. The van der Waals surface area contributed by atoms with Gasteiger partial charge in [0.05, 0.1) is 37.7 Å². The predicted molar refractivity (Wildman–Crippen MR) is 110 cm³/mol. The molecular formula is C22H28N2O6. The van der Waals surface area contributed by atoms with E-state index in [4.69, 9.17) is 14.2 Å². The van der Waals surface area contributed by atoms with Crippen LogP contribution in [-0.2, 0) is 23.8 Å². The van der Waals surface area contributed by atoms with Crippen LogP contribution in [0.2, 0.25) is 0 Å². The Kier molecular flexibility index (Phi) is 6.77. The molecule has 2 atom stereocenters. The number of benzene rings is 1. The van der Waals surface area contributed by atoms with Crippen molar-refractivity contribution in [3.8, 4) is 0 Å². The summed E-state index contributed by atoms with van der Waals surface area (Å²) in [6.07, 6.45) is 2.99. The van der Waals surface area contributed by atoms with E-state index in [-0.39, 0.29) is 42.6 Å². The summed E-state index contributed by atoms with van der Waals surface area (Å²) in [5, 5.41) is 0. The van der Waals surface area contributed by atoms with Gasteiger partial charge in [0.15, 0.2) is 0 Å². The summed E-state index contributed by atoms with van der Waals surface area (Å²) < 4.78 is 15.3. The zero-order valence-electron chi connectivity index (χ0n) is 17.8. The molecule has 8 heteroatoms. The Morgan fingerprint density at radius 2 is 1.63 bits per heavy atom. The number of hydrogen-bond acceptors (Lipinski definition) is 7. The van der Waals surface area contributed by atoms with Gasteiger partial charge in [-0.3, -0.25) is 4.79 Å². The van der Waals surface area contributed by atoms with Gasteiger partial charge in [-0.05, 0) is 45.2 Å². The molecule has 2 heterocycles. The van der Waals surface area contributed by atoms with E-state index in [9.17, 15) is 14.4 Å². The highest BCUT2D eigenvalue weighted by Gasteiger charge is 2.36. The van der Waals surface area contributed by atoms with E-state index < -0.39 is 11.9 Å². The summed E-state index contributed by atoms with van der Waals surface area (Å²) in [4.78, 5) is 41.8. The van der Waals surface area contributed by atoms with Crippen LogP contribution in [0.4, 0.5) is 5.69 Å². The molecule has 2 aliphatic rings. The van der Waals surface area contributed by atoms with Crippen molar-refractivity contribution in [1.82, 2.24) is 4.90 Å². The second-order valence-corrected chi connectivity index (χ2v) is 7.57. The van der Waals surface area contributed by atoms with E-state index in [1.807, 2.05) is 4.90 Å². The summed E-state index contributed by atoms with van der Waals surface area (Å²) in [6.45, 7) is 4.02. The van der Waals surface area contributed by atoms with Gasteiger partial charge in [-0.2, -0.15) is 0 Å². The summed E-state index contributed by atoms with van der Waals surface area (Å²) >= 11 is 0.